The first kappa shape index (κ1) is 21.3. The van der Waals surface area contributed by atoms with Crippen molar-refractivity contribution in [1.29, 1.82) is 5.26 Å². The van der Waals surface area contributed by atoms with E-state index in [1.165, 1.54) is 5.57 Å². The highest BCUT2D eigenvalue weighted by Gasteiger charge is 2.26. The lowest BCUT2D eigenvalue weighted by atomic mass is 9.83. The summed E-state index contributed by atoms with van der Waals surface area (Å²) in [4.78, 5) is 9.27. The van der Waals surface area contributed by atoms with Gasteiger partial charge in [-0.25, -0.2) is 4.98 Å². The van der Waals surface area contributed by atoms with Crippen molar-refractivity contribution in [3.8, 4) is 6.07 Å². The molecular weight excluding hydrogens is 360 g/mol. The Morgan fingerprint density at radius 3 is 2.76 bits per heavy atom. The summed E-state index contributed by atoms with van der Waals surface area (Å²) in [5, 5.41) is 18.8. The number of aliphatic hydroxyl groups excluding tert-OH is 1. The zero-order valence-corrected chi connectivity index (χ0v) is 17.9. The molecule has 1 aliphatic carbocycles. The second-order valence-electron chi connectivity index (χ2n) is 8.16. The summed E-state index contributed by atoms with van der Waals surface area (Å²) in [5.41, 5.74) is 5.35. The summed E-state index contributed by atoms with van der Waals surface area (Å²) in [6, 6.07) is 2.62. The van der Waals surface area contributed by atoms with Crippen LogP contribution in [0.1, 0.15) is 81.9 Å². The van der Waals surface area contributed by atoms with Gasteiger partial charge in [-0.05, 0) is 64.4 Å². The number of pyridine rings is 1. The maximum Gasteiger partial charge on any atom is 0.136 e. The third kappa shape index (κ3) is 4.76. The predicted molar refractivity (Wildman–Crippen MR) is 117 cm³/mol. The summed E-state index contributed by atoms with van der Waals surface area (Å²) < 4.78 is 2.26. The number of fused-ring (bicyclic) bond motifs is 1. The number of aryl methyl sites for hydroxylation is 1. The normalized spacial score (nSPS) is 20.4. The Labute approximate surface area is 173 Å². The number of hydrogen-bond acceptors (Lipinski definition) is 4. The molecule has 5 nitrogen and oxygen atoms in total. The highest BCUT2D eigenvalue weighted by Crippen LogP contribution is 2.37. The van der Waals surface area contributed by atoms with Crippen molar-refractivity contribution in [3.05, 3.63) is 41.0 Å². The number of rotatable bonds is 7. The minimum Gasteiger partial charge on any atom is -0.388 e. The average molecular weight is 393 g/mol. The first-order valence-corrected chi connectivity index (χ1v) is 10.8. The molecule has 0 amide bonds. The summed E-state index contributed by atoms with van der Waals surface area (Å²) in [6.07, 6.45) is 15.2. The van der Waals surface area contributed by atoms with Gasteiger partial charge in [-0.15, -0.1) is 0 Å². The van der Waals surface area contributed by atoms with Crippen molar-refractivity contribution >= 4 is 17.1 Å². The SMILES string of the molecule is CCC(C)=CC=Cc1ncc2nc(CO)n(C3CCC(CCC#N)CC3)c2c1C. The number of aromatic nitrogens is 3. The molecule has 0 unspecified atom stereocenters. The molecule has 2 aromatic rings. The highest BCUT2D eigenvalue weighted by molar-refractivity contribution is 5.82. The van der Waals surface area contributed by atoms with Crippen molar-refractivity contribution < 1.29 is 5.11 Å². The number of hydrogen-bond donors (Lipinski definition) is 1. The van der Waals surface area contributed by atoms with Crippen molar-refractivity contribution in [3.63, 3.8) is 0 Å². The van der Waals surface area contributed by atoms with E-state index in [0.717, 1.165) is 66.6 Å². The lowest BCUT2D eigenvalue weighted by Crippen LogP contribution is -2.20. The first-order valence-electron chi connectivity index (χ1n) is 10.8. The molecule has 1 saturated carbocycles. The van der Waals surface area contributed by atoms with Gasteiger partial charge in [0.2, 0.25) is 0 Å². The molecule has 2 heterocycles. The Morgan fingerprint density at radius 1 is 1.34 bits per heavy atom. The second kappa shape index (κ2) is 9.84. The number of nitriles is 1. The van der Waals surface area contributed by atoms with E-state index in [1.807, 2.05) is 6.20 Å². The van der Waals surface area contributed by atoms with E-state index >= 15 is 0 Å². The fraction of sp³-hybridized carbons (Fsp3) is 0.542. The van der Waals surface area contributed by atoms with Crippen LogP contribution in [0.25, 0.3) is 17.1 Å². The molecule has 0 aromatic carbocycles. The summed E-state index contributed by atoms with van der Waals surface area (Å²) in [5.74, 6) is 1.38. The molecule has 0 atom stereocenters. The van der Waals surface area contributed by atoms with Crippen molar-refractivity contribution in [2.75, 3.05) is 0 Å². The smallest absolute Gasteiger partial charge is 0.136 e. The summed E-state index contributed by atoms with van der Waals surface area (Å²) in [7, 11) is 0. The van der Waals surface area contributed by atoms with Crippen LogP contribution in [0, 0.1) is 24.2 Å². The molecule has 154 valence electrons. The zero-order valence-electron chi connectivity index (χ0n) is 17.9. The first-order chi connectivity index (χ1) is 14.1. The van der Waals surface area contributed by atoms with Gasteiger partial charge in [0.25, 0.3) is 0 Å². The fourth-order valence-electron chi connectivity index (χ4n) is 4.36. The van der Waals surface area contributed by atoms with Crippen LogP contribution in [0.2, 0.25) is 0 Å². The zero-order chi connectivity index (χ0) is 20.8. The van der Waals surface area contributed by atoms with Gasteiger partial charge in [0.1, 0.15) is 17.9 Å². The van der Waals surface area contributed by atoms with Gasteiger partial charge in [0, 0.05) is 18.0 Å². The molecule has 29 heavy (non-hydrogen) atoms. The van der Waals surface area contributed by atoms with Crippen LogP contribution in [-0.4, -0.2) is 19.6 Å². The predicted octanol–water partition coefficient (Wildman–Crippen LogP) is 5.64. The van der Waals surface area contributed by atoms with E-state index in [9.17, 15) is 5.11 Å². The van der Waals surface area contributed by atoms with E-state index in [-0.39, 0.29) is 6.61 Å². The summed E-state index contributed by atoms with van der Waals surface area (Å²) in [6.45, 7) is 6.32. The molecular formula is C24H32N4O. The molecule has 2 aromatic heterocycles. The molecule has 3 rings (SSSR count). The third-order valence-electron chi connectivity index (χ3n) is 6.26. The van der Waals surface area contributed by atoms with Gasteiger partial charge in [-0.2, -0.15) is 5.26 Å². The molecule has 0 saturated heterocycles. The molecule has 0 spiro atoms. The van der Waals surface area contributed by atoms with E-state index in [4.69, 9.17) is 5.26 Å². The van der Waals surface area contributed by atoms with Crippen LogP contribution < -0.4 is 0 Å². The summed E-state index contributed by atoms with van der Waals surface area (Å²) >= 11 is 0. The average Bonchev–Trinajstić information content (AvgIpc) is 3.13. The van der Waals surface area contributed by atoms with Crippen molar-refractivity contribution in [2.24, 2.45) is 5.92 Å². The van der Waals surface area contributed by atoms with E-state index < -0.39 is 0 Å². The van der Waals surface area contributed by atoms with Gasteiger partial charge in [0.05, 0.1) is 23.5 Å². The molecule has 0 bridgehead atoms. The minimum atomic E-state index is -0.0634. The maximum atomic E-state index is 9.95. The Morgan fingerprint density at radius 2 is 2.10 bits per heavy atom. The standard InChI is InChI=1S/C24H32N4O/c1-4-17(2)7-5-9-21-18(3)24-22(15-26-21)27-23(16-29)28(24)20-12-10-19(11-13-20)8-6-14-25/h5,7,9,15,19-20,29H,4,6,8,10-13,16H2,1-3H3. The molecule has 0 radical (unpaired) electrons. The molecule has 5 heteroatoms. The van der Waals surface area contributed by atoms with Crippen LogP contribution in [0.4, 0.5) is 0 Å². The molecule has 0 aliphatic heterocycles. The Bertz CT molecular complexity index is 940. The highest BCUT2D eigenvalue weighted by atomic mass is 16.3. The number of allylic oxidation sites excluding steroid dienone is 3. The Kier molecular flexibility index (Phi) is 7.22. The van der Waals surface area contributed by atoms with Gasteiger partial charge in [-0.3, -0.25) is 4.98 Å². The van der Waals surface area contributed by atoms with Crippen LogP contribution in [-0.2, 0) is 6.61 Å². The third-order valence-corrected chi connectivity index (χ3v) is 6.26. The van der Waals surface area contributed by atoms with Crippen molar-refractivity contribution in [1.82, 2.24) is 14.5 Å². The topological polar surface area (TPSA) is 74.7 Å². The van der Waals surface area contributed by atoms with Gasteiger partial charge in [0.15, 0.2) is 0 Å². The molecule has 1 aliphatic rings. The Balaban J connectivity index is 1.92. The maximum absolute atomic E-state index is 9.95. The van der Waals surface area contributed by atoms with Gasteiger partial charge in [-0.1, -0.05) is 24.6 Å². The minimum absolute atomic E-state index is 0.0634. The van der Waals surface area contributed by atoms with E-state index in [1.54, 1.807) is 0 Å². The lowest BCUT2D eigenvalue weighted by molar-refractivity contribution is 0.234. The largest absolute Gasteiger partial charge is 0.388 e. The number of imidazole rings is 1. The molecule has 1 fully saturated rings. The quantitative estimate of drug-likeness (QED) is 0.619. The number of aliphatic hydroxyl groups is 1. The van der Waals surface area contributed by atoms with Crippen LogP contribution in [0.5, 0.6) is 0 Å². The van der Waals surface area contributed by atoms with E-state index in [2.05, 4.69) is 59.6 Å². The Hall–Kier alpha value is -2.45. The number of nitrogens with zero attached hydrogens (tertiary/aromatic N) is 4. The second-order valence-corrected chi connectivity index (χ2v) is 8.16. The van der Waals surface area contributed by atoms with Gasteiger partial charge < -0.3 is 9.67 Å². The fourth-order valence-corrected chi connectivity index (χ4v) is 4.36. The monoisotopic (exact) mass is 392 g/mol. The van der Waals surface area contributed by atoms with Crippen LogP contribution in [0.3, 0.4) is 0 Å². The lowest BCUT2D eigenvalue weighted by Gasteiger charge is -2.30. The van der Waals surface area contributed by atoms with Crippen LogP contribution >= 0.6 is 0 Å². The van der Waals surface area contributed by atoms with Gasteiger partial charge >= 0.3 is 0 Å². The van der Waals surface area contributed by atoms with Crippen molar-refractivity contribution in [2.45, 2.75) is 78.4 Å². The van der Waals surface area contributed by atoms with Crippen LogP contribution in [0.15, 0.2) is 23.9 Å². The molecule has 1 N–H and O–H groups in total. The van der Waals surface area contributed by atoms with E-state index in [0.29, 0.717) is 18.4 Å².